The fourth-order valence-electron chi connectivity index (χ4n) is 4.16. The number of ether oxygens (including phenoxy) is 3. The molecule has 0 spiro atoms. The molecule has 1 amide bonds. The highest BCUT2D eigenvalue weighted by atomic mass is 16.5. The number of nitrogens with zero attached hydrogens (tertiary/aromatic N) is 2. The average molecular weight is 420 g/mol. The van der Waals surface area contributed by atoms with E-state index in [1.54, 1.807) is 13.2 Å². The van der Waals surface area contributed by atoms with Gasteiger partial charge in [-0.15, -0.1) is 0 Å². The Hall–Kier alpha value is -3.48. The predicted octanol–water partition coefficient (Wildman–Crippen LogP) is 4.49. The monoisotopic (exact) mass is 420 g/mol. The van der Waals surface area contributed by atoms with E-state index in [1.807, 2.05) is 47.4 Å². The third kappa shape index (κ3) is 3.83. The van der Waals surface area contributed by atoms with Gasteiger partial charge in [-0.1, -0.05) is 11.2 Å². The first-order valence-electron chi connectivity index (χ1n) is 10.5. The Morgan fingerprint density at radius 2 is 1.84 bits per heavy atom. The first-order valence-corrected chi connectivity index (χ1v) is 10.5. The maximum atomic E-state index is 13.2. The molecule has 1 fully saturated rings. The van der Waals surface area contributed by atoms with Crippen molar-refractivity contribution in [3.8, 4) is 28.5 Å². The lowest BCUT2D eigenvalue weighted by atomic mass is 10.0. The topological polar surface area (TPSA) is 74.0 Å². The molecule has 31 heavy (non-hydrogen) atoms. The molecule has 5 rings (SSSR count). The molecule has 2 aromatic carbocycles. The van der Waals surface area contributed by atoms with E-state index in [9.17, 15) is 4.79 Å². The highest BCUT2D eigenvalue weighted by Crippen LogP contribution is 2.38. The van der Waals surface area contributed by atoms with E-state index in [0.29, 0.717) is 25.5 Å². The Bertz CT molecular complexity index is 1080. The van der Waals surface area contributed by atoms with Crippen LogP contribution in [0.3, 0.4) is 0 Å². The molecule has 1 unspecified atom stereocenters. The van der Waals surface area contributed by atoms with Gasteiger partial charge in [0, 0.05) is 24.6 Å². The van der Waals surface area contributed by atoms with Gasteiger partial charge in [0.05, 0.1) is 26.4 Å². The maximum absolute atomic E-state index is 13.2. The van der Waals surface area contributed by atoms with Crippen LogP contribution in [0.1, 0.15) is 41.4 Å². The maximum Gasteiger partial charge on any atom is 0.292 e. The van der Waals surface area contributed by atoms with E-state index in [1.165, 1.54) is 0 Å². The molecule has 1 saturated heterocycles. The number of hydrogen-bond acceptors (Lipinski definition) is 6. The van der Waals surface area contributed by atoms with Gasteiger partial charge in [-0.25, -0.2) is 0 Å². The first kappa shape index (κ1) is 19.5. The van der Waals surface area contributed by atoms with Crippen molar-refractivity contribution in [1.29, 1.82) is 0 Å². The molecular weight excluding hydrogens is 396 g/mol. The number of carbonyl (C=O) groups excluding carboxylic acids is 1. The van der Waals surface area contributed by atoms with Crippen LogP contribution in [0.25, 0.3) is 11.3 Å². The molecular formula is C24H24N2O5. The lowest BCUT2D eigenvalue weighted by Gasteiger charge is -2.24. The second-order valence-electron chi connectivity index (χ2n) is 7.72. The van der Waals surface area contributed by atoms with Crippen LogP contribution in [0.4, 0.5) is 0 Å². The quantitative estimate of drug-likeness (QED) is 0.619. The zero-order valence-corrected chi connectivity index (χ0v) is 17.4. The Morgan fingerprint density at radius 3 is 2.65 bits per heavy atom. The van der Waals surface area contributed by atoms with Crippen LogP contribution in [0, 0.1) is 0 Å². The number of fused-ring (bicyclic) bond motifs is 1. The van der Waals surface area contributed by atoms with E-state index >= 15 is 0 Å². The summed E-state index contributed by atoms with van der Waals surface area (Å²) in [5, 5.41) is 4.10. The average Bonchev–Trinajstić information content (AvgIpc) is 3.44. The zero-order chi connectivity index (χ0) is 21.2. The van der Waals surface area contributed by atoms with Gasteiger partial charge in [0.1, 0.15) is 11.4 Å². The second-order valence-corrected chi connectivity index (χ2v) is 7.72. The van der Waals surface area contributed by atoms with Crippen molar-refractivity contribution in [1.82, 2.24) is 10.1 Å². The van der Waals surface area contributed by atoms with E-state index < -0.39 is 0 Å². The van der Waals surface area contributed by atoms with Gasteiger partial charge in [-0.3, -0.25) is 4.79 Å². The Labute approximate surface area is 180 Å². The molecule has 0 N–H and O–H groups in total. The van der Waals surface area contributed by atoms with E-state index in [0.717, 1.165) is 47.6 Å². The van der Waals surface area contributed by atoms with Crippen LogP contribution in [-0.2, 0) is 0 Å². The van der Waals surface area contributed by atoms with E-state index in [4.69, 9.17) is 18.7 Å². The minimum Gasteiger partial charge on any atom is -0.497 e. The molecule has 0 saturated carbocycles. The predicted molar refractivity (Wildman–Crippen MR) is 114 cm³/mol. The molecule has 0 bridgehead atoms. The standard InChI is InChI=1S/C24H24N2O5/c1-28-18-8-5-16(6-9-18)19-15-23(31-25-19)24(27)26-11-2-4-20(26)17-7-10-21-22(14-17)30-13-3-12-29-21/h5-10,14-15,20H,2-4,11-13H2,1H3. The van der Waals surface area contributed by atoms with E-state index in [2.05, 4.69) is 5.16 Å². The Balaban J connectivity index is 1.37. The molecule has 3 aromatic rings. The van der Waals surface area contributed by atoms with Crippen LogP contribution >= 0.6 is 0 Å². The van der Waals surface area contributed by atoms with Crippen molar-refractivity contribution in [2.75, 3.05) is 26.9 Å². The molecule has 1 atom stereocenters. The molecule has 1 aromatic heterocycles. The number of carbonyl (C=O) groups is 1. The summed E-state index contributed by atoms with van der Waals surface area (Å²) < 4.78 is 22.2. The fraction of sp³-hybridized carbons (Fsp3) is 0.333. The third-order valence-corrected chi connectivity index (χ3v) is 5.78. The van der Waals surface area contributed by atoms with Gasteiger partial charge in [0.2, 0.25) is 5.76 Å². The minimum absolute atomic E-state index is 0.0285. The number of aromatic nitrogens is 1. The van der Waals surface area contributed by atoms with Crippen LogP contribution in [0.5, 0.6) is 17.2 Å². The summed E-state index contributed by atoms with van der Waals surface area (Å²) in [7, 11) is 1.62. The van der Waals surface area contributed by atoms with Crippen LogP contribution < -0.4 is 14.2 Å². The third-order valence-electron chi connectivity index (χ3n) is 5.78. The lowest BCUT2D eigenvalue weighted by molar-refractivity contribution is 0.0693. The fourth-order valence-corrected chi connectivity index (χ4v) is 4.16. The van der Waals surface area contributed by atoms with E-state index in [-0.39, 0.29) is 17.7 Å². The number of methoxy groups -OCH3 is 1. The number of benzene rings is 2. The zero-order valence-electron chi connectivity index (χ0n) is 17.4. The van der Waals surface area contributed by atoms with Gasteiger partial charge < -0.3 is 23.6 Å². The number of likely N-dealkylation sites (tertiary alicyclic amines) is 1. The van der Waals surface area contributed by atoms with Crippen molar-refractivity contribution >= 4 is 5.91 Å². The molecule has 2 aliphatic rings. The van der Waals surface area contributed by atoms with Crippen LogP contribution in [0.15, 0.2) is 53.1 Å². The Kier molecular flexibility index (Phi) is 5.24. The summed E-state index contributed by atoms with van der Waals surface area (Å²) in [6, 6.07) is 15.1. The van der Waals surface area contributed by atoms with Gasteiger partial charge in [-0.05, 0) is 54.8 Å². The summed E-state index contributed by atoms with van der Waals surface area (Å²) in [5.74, 6) is 2.36. The summed E-state index contributed by atoms with van der Waals surface area (Å²) in [4.78, 5) is 15.1. The molecule has 7 heteroatoms. The summed E-state index contributed by atoms with van der Waals surface area (Å²) in [6.07, 6.45) is 2.69. The molecule has 2 aliphatic heterocycles. The smallest absolute Gasteiger partial charge is 0.292 e. The highest BCUT2D eigenvalue weighted by molar-refractivity contribution is 5.93. The van der Waals surface area contributed by atoms with Crippen LogP contribution in [-0.4, -0.2) is 42.8 Å². The minimum atomic E-state index is -0.151. The second kappa shape index (κ2) is 8.34. The normalized spacial score (nSPS) is 18.0. The van der Waals surface area contributed by atoms with Crippen molar-refractivity contribution in [3.05, 3.63) is 59.9 Å². The van der Waals surface area contributed by atoms with Crippen molar-refractivity contribution in [2.24, 2.45) is 0 Å². The van der Waals surface area contributed by atoms with Gasteiger partial charge in [0.15, 0.2) is 11.5 Å². The first-order chi connectivity index (χ1) is 15.2. The SMILES string of the molecule is COc1ccc(-c2cc(C(=O)N3CCCC3c3ccc4c(c3)OCCCO4)on2)cc1. The van der Waals surface area contributed by atoms with Crippen molar-refractivity contribution < 1.29 is 23.5 Å². The lowest BCUT2D eigenvalue weighted by Crippen LogP contribution is -2.30. The highest BCUT2D eigenvalue weighted by Gasteiger charge is 2.33. The molecule has 7 nitrogen and oxygen atoms in total. The molecule has 160 valence electrons. The van der Waals surface area contributed by atoms with Crippen LogP contribution in [0.2, 0.25) is 0 Å². The summed E-state index contributed by atoms with van der Waals surface area (Å²) >= 11 is 0. The van der Waals surface area contributed by atoms with Crippen molar-refractivity contribution in [3.63, 3.8) is 0 Å². The summed E-state index contributed by atoms with van der Waals surface area (Å²) in [6.45, 7) is 1.97. The van der Waals surface area contributed by atoms with Gasteiger partial charge in [-0.2, -0.15) is 0 Å². The Morgan fingerprint density at radius 1 is 1.03 bits per heavy atom. The van der Waals surface area contributed by atoms with Gasteiger partial charge >= 0.3 is 0 Å². The molecule has 0 radical (unpaired) electrons. The summed E-state index contributed by atoms with van der Waals surface area (Å²) in [5.41, 5.74) is 2.53. The largest absolute Gasteiger partial charge is 0.497 e. The molecule has 3 heterocycles. The van der Waals surface area contributed by atoms with Crippen molar-refractivity contribution in [2.45, 2.75) is 25.3 Å². The van der Waals surface area contributed by atoms with Gasteiger partial charge in [0.25, 0.3) is 5.91 Å². The number of amides is 1. The number of rotatable bonds is 4. The molecule has 0 aliphatic carbocycles. The number of hydrogen-bond donors (Lipinski definition) is 0.